The minimum absolute atomic E-state index is 0.390. The first-order chi connectivity index (χ1) is 20.5. The Morgan fingerprint density at radius 3 is 2.74 bits per heavy atom. The minimum atomic E-state index is 0.390. The predicted octanol–water partition coefficient (Wildman–Crippen LogP) is 5.66. The lowest BCUT2D eigenvalue weighted by atomic mass is 10.1. The van der Waals surface area contributed by atoms with Crippen LogP contribution < -0.4 is 14.8 Å². The molecule has 1 N–H and O–H groups in total. The van der Waals surface area contributed by atoms with Crippen molar-refractivity contribution in [2.75, 3.05) is 51.9 Å². The molecular formula is C30H28ClN7O3S. The number of aryl methyl sites for hydroxylation is 1. The van der Waals surface area contributed by atoms with Crippen molar-refractivity contribution >= 4 is 56.7 Å². The Morgan fingerprint density at radius 2 is 2.00 bits per heavy atom. The highest BCUT2D eigenvalue weighted by Crippen LogP contribution is 2.38. The molecule has 0 aliphatic carbocycles. The Bertz CT molecular complexity index is 1800. The summed E-state index contributed by atoms with van der Waals surface area (Å²) in [6.07, 6.45) is 5.16. The number of fused-ring (bicyclic) bond motifs is 2. The predicted molar refractivity (Wildman–Crippen MR) is 163 cm³/mol. The molecule has 0 unspecified atom stereocenters. The van der Waals surface area contributed by atoms with Gasteiger partial charge in [-0.2, -0.15) is 5.26 Å². The molecule has 1 saturated heterocycles. The van der Waals surface area contributed by atoms with Gasteiger partial charge in [-0.15, -0.1) is 0 Å². The molecule has 0 bridgehead atoms. The summed E-state index contributed by atoms with van der Waals surface area (Å²) >= 11 is 8.12. The van der Waals surface area contributed by atoms with Crippen LogP contribution in [0.1, 0.15) is 5.56 Å². The standard InChI is InChI=1S/C30H28ClN7O3S/c1-37-6-5-33-30(37)42-27-4-3-21(15-23(27)31)35-28-20(17-32)18-34-29-22(28)13-19-14-25(39-2)26(16-24(19)36-29)41-12-9-38-7-10-40-11-8-38/h3-6,13-16,18H,7-12H2,1-2H3,(H,34,35,36). The fourth-order valence-electron chi connectivity index (χ4n) is 4.75. The fourth-order valence-corrected chi connectivity index (χ4v) is 5.85. The van der Waals surface area contributed by atoms with Crippen molar-refractivity contribution in [1.29, 1.82) is 5.26 Å². The molecular weight excluding hydrogens is 574 g/mol. The Hall–Kier alpha value is -4.08. The number of aromatic nitrogens is 4. The molecule has 2 aromatic carbocycles. The van der Waals surface area contributed by atoms with E-state index in [4.69, 9.17) is 30.8 Å². The van der Waals surface area contributed by atoms with Gasteiger partial charge in [-0.25, -0.2) is 15.0 Å². The second-order valence-electron chi connectivity index (χ2n) is 9.71. The smallest absolute Gasteiger partial charge is 0.172 e. The number of halogens is 1. The van der Waals surface area contributed by atoms with Gasteiger partial charge in [-0.1, -0.05) is 23.4 Å². The van der Waals surface area contributed by atoms with Crippen LogP contribution in [0.2, 0.25) is 5.02 Å². The van der Waals surface area contributed by atoms with Crippen LogP contribution in [-0.4, -0.2) is 71.0 Å². The Kier molecular flexibility index (Phi) is 8.30. The van der Waals surface area contributed by atoms with Crippen molar-refractivity contribution in [1.82, 2.24) is 24.4 Å². The highest BCUT2D eigenvalue weighted by Gasteiger charge is 2.16. The van der Waals surface area contributed by atoms with E-state index in [2.05, 4.69) is 26.3 Å². The number of pyridine rings is 2. The van der Waals surface area contributed by atoms with Gasteiger partial charge in [0.15, 0.2) is 22.3 Å². The molecule has 1 aliphatic heterocycles. The molecule has 42 heavy (non-hydrogen) atoms. The topological polar surface area (TPSA) is 110 Å². The number of nitrogens with one attached hydrogen (secondary N) is 1. The fraction of sp³-hybridized carbons (Fsp3) is 0.267. The normalized spacial score (nSPS) is 13.8. The number of nitrogens with zero attached hydrogens (tertiary/aromatic N) is 6. The van der Waals surface area contributed by atoms with E-state index in [1.54, 1.807) is 13.3 Å². The number of rotatable bonds is 9. The summed E-state index contributed by atoms with van der Waals surface area (Å²) in [5.74, 6) is 1.23. The first-order valence-electron chi connectivity index (χ1n) is 13.4. The zero-order valence-electron chi connectivity index (χ0n) is 23.1. The molecule has 0 atom stereocenters. The molecule has 3 aromatic heterocycles. The van der Waals surface area contributed by atoms with Gasteiger partial charge in [-0.3, -0.25) is 4.90 Å². The zero-order chi connectivity index (χ0) is 29.1. The van der Waals surface area contributed by atoms with Crippen LogP contribution in [0.15, 0.2) is 65.0 Å². The van der Waals surface area contributed by atoms with Gasteiger partial charge in [0, 0.05) is 72.7 Å². The summed E-state index contributed by atoms with van der Waals surface area (Å²) in [5, 5.41) is 16.2. The molecule has 0 spiro atoms. The van der Waals surface area contributed by atoms with Crippen molar-refractivity contribution in [2.24, 2.45) is 7.05 Å². The van der Waals surface area contributed by atoms with Crippen LogP contribution >= 0.6 is 23.4 Å². The number of anilines is 2. The van der Waals surface area contributed by atoms with Gasteiger partial charge in [0.1, 0.15) is 12.7 Å². The lowest BCUT2D eigenvalue weighted by Crippen LogP contribution is -2.38. The summed E-state index contributed by atoms with van der Waals surface area (Å²) in [6, 6.07) is 13.7. The third-order valence-corrected chi connectivity index (χ3v) is 8.58. The number of benzene rings is 2. The number of methoxy groups -OCH3 is 1. The van der Waals surface area contributed by atoms with Crippen LogP contribution in [0, 0.1) is 11.3 Å². The zero-order valence-corrected chi connectivity index (χ0v) is 24.7. The lowest BCUT2D eigenvalue weighted by molar-refractivity contribution is 0.0321. The average molecular weight is 602 g/mol. The van der Waals surface area contributed by atoms with Crippen molar-refractivity contribution in [2.45, 2.75) is 10.1 Å². The molecule has 12 heteroatoms. The molecule has 5 aromatic rings. The number of morpholine rings is 1. The van der Waals surface area contributed by atoms with E-state index in [9.17, 15) is 5.26 Å². The molecule has 1 aliphatic rings. The Labute approximate surface area is 252 Å². The number of nitriles is 1. The Morgan fingerprint density at radius 1 is 1.14 bits per heavy atom. The minimum Gasteiger partial charge on any atom is -0.493 e. The largest absolute Gasteiger partial charge is 0.493 e. The van der Waals surface area contributed by atoms with Crippen molar-refractivity contribution in [3.8, 4) is 17.6 Å². The SMILES string of the molecule is COc1cc2cc3c(Nc4ccc(Sc5nccn5C)c(Cl)c4)c(C#N)cnc3nc2cc1OCCN1CCOCC1. The summed E-state index contributed by atoms with van der Waals surface area (Å²) in [7, 11) is 3.55. The summed E-state index contributed by atoms with van der Waals surface area (Å²) in [6.45, 7) is 4.62. The van der Waals surface area contributed by atoms with Crippen molar-refractivity contribution in [3.05, 3.63) is 65.6 Å². The number of hydrogen-bond donors (Lipinski definition) is 1. The lowest BCUT2D eigenvalue weighted by Gasteiger charge is -2.26. The van der Waals surface area contributed by atoms with Gasteiger partial charge in [0.2, 0.25) is 0 Å². The second kappa shape index (κ2) is 12.4. The van der Waals surface area contributed by atoms with Crippen LogP contribution in [0.4, 0.5) is 11.4 Å². The van der Waals surface area contributed by atoms with Crippen LogP contribution in [-0.2, 0) is 11.8 Å². The van der Waals surface area contributed by atoms with E-state index in [0.717, 1.165) is 54.0 Å². The molecule has 10 nitrogen and oxygen atoms in total. The van der Waals surface area contributed by atoms with E-state index in [1.807, 2.05) is 54.2 Å². The monoisotopic (exact) mass is 601 g/mol. The molecule has 0 saturated carbocycles. The van der Waals surface area contributed by atoms with Crippen LogP contribution in [0.5, 0.6) is 11.5 Å². The number of imidazole rings is 1. The third kappa shape index (κ3) is 5.93. The number of hydrogen-bond acceptors (Lipinski definition) is 10. The van der Waals surface area contributed by atoms with E-state index >= 15 is 0 Å². The van der Waals surface area contributed by atoms with E-state index < -0.39 is 0 Å². The van der Waals surface area contributed by atoms with Crippen molar-refractivity contribution < 1.29 is 14.2 Å². The van der Waals surface area contributed by atoms with Gasteiger partial charge in [0.25, 0.3) is 0 Å². The summed E-state index contributed by atoms with van der Waals surface area (Å²) < 4.78 is 19.1. The first kappa shape index (κ1) is 28.1. The first-order valence-corrected chi connectivity index (χ1v) is 14.6. The molecule has 214 valence electrons. The second-order valence-corrected chi connectivity index (χ2v) is 11.1. The van der Waals surface area contributed by atoms with Gasteiger partial charge in [0.05, 0.1) is 42.1 Å². The Balaban J connectivity index is 1.29. The maximum absolute atomic E-state index is 9.90. The van der Waals surface area contributed by atoms with Crippen LogP contribution in [0.25, 0.3) is 21.9 Å². The third-order valence-electron chi connectivity index (χ3n) is 7.00. The van der Waals surface area contributed by atoms with Gasteiger partial charge >= 0.3 is 0 Å². The molecule has 0 radical (unpaired) electrons. The quantitative estimate of drug-likeness (QED) is 0.213. The van der Waals surface area contributed by atoms with Crippen LogP contribution in [0.3, 0.4) is 0 Å². The van der Waals surface area contributed by atoms with E-state index in [1.165, 1.54) is 18.0 Å². The maximum Gasteiger partial charge on any atom is 0.172 e. The summed E-state index contributed by atoms with van der Waals surface area (Å²) in [4.78, 5) is 16.8. The molecule has 6 rings (SSSR count). The number of ether oxygens (including phenoxy) is 3. The highest BCUT2D eigenvalue weighted by atomic mass is 35.5. The molecule has 4 heterocycles. The highest BCUT2D eigenvalue weighted by molar-refractivity contribution is 7.99. The van der Waals surface area contributed by atoms with E-state index in [-0.39, 0.29) is 0 Å². The maximum atomic E-state index is 9.90. The van der Waals surface area contributed by atoms with Crippen molar-refractivity contribution in [3.63, 3.8) is 0 Å². The van der Waals surface area contributed by atoms with Gasteiger partial charge < -0.3 is 24.1 Å². The molecule has 0 amide bonds. The van der Waals surface area contributed by atoms with Gasteiger partial charge in [-0.05, 0) is 30.3 Å². The molecule has 1 fully saturated rings. The average Bonchev–Trinajstić information content (AvgIpc) is 3.41. The summed E-state index contributed by atoms with van der Waals surface area (Å²) in [5.41, 5.74) is 2.94. The van der Waals surface area contributed by atoms with E-state index in [0.29, 0.717) is 50.9 Å².